The summed E-state index contributed by atoms with van der Waals surface area (Å²) < 4.78 is 21.4. The van der Waals surface area contributed by atoms with Crippen LogP contribution in [0.4, 0.5) is 5.69 Å². The van der Waals surface area contributed by atoms with E-state index in [1.54, 1.807) is 12.1 Å². The summed E-state index contributed by atoms with van der Waals surface area (Å²) in [5.74, 6) is 0.236. The second-order valence-corrected chi connectivity index (χ2v) is 6.44. The normalized spacial score (nSPS) is 12.7. The van der Waals surface area contributed by atoms with Gasteiger partial charge in [0, 0.05) is 23.3 Å². The predicted molar refractivity (Wildman–Crippen MR) is 103 cm³/mol. The van der Waals surface area contributed by atoms with E-state index in [0.717, 1.165) is 10.8 Å². The van der Waals surface area contributed by atoms with Crippen LogP contribution in [0.3, 0.4) is 0 Å². The van der Waals surface area contributed by atoms with Gasteiger partial charge >= 0.3 is 5.97 Å². The van der Waals surface area contributed by atoms with Crippen LogP contribution in [-0.2, 0) is 22.7 Å². The zero-order valence-electron chi connectivity index (χ0n) is 15.5. The number of esters is 1. The molecule has 1 aliphatic rings. The zero-order valence-corrected chi connectivity index (χ0v) is 15.5. The standard InChI is InChI=1S/C21H17NO7/c1-26-19-9-14-5-3-2-4-13(14)8-18(19)21(23)28-11-16-7-17(22(24)25)6-15-10-27-12-29-20(15)16/h2-9H,10-12H2,1H3. The van der Waals surface area contributed by atoms with Crippen molar-refractivity contribution in [2.75, 3.05) is 13.9 Å². The third-order valence-electron chi connectivity index (χ3n) is 4.63. The fourth-order valence-electron chi connectivity index (χ4n) is 3.26. The first-order valence-corrected chi connectivity index (χ1v) is 8.81. The molecule has 0 bridgehead atoms. The summed E-state index contributed by atoms with van der Waals surface area (Å²) >= 11 is 0. The van der Waals surface area contributed by atoms with Gasteiger partial charge in [-0.1, -0.05) is 24.3 Å². The highest BCUT2D eigenvalue weighted by atomic mass is 16.7. The van der Waals surface area contributed by atoms with Crippen molar-refractivity contribution in [1.29, 1.82) is 0 Å². The zero-order chi connectivity index (χ0) is 20.4. The SMILES string of the molecule is COc1cc2ccccc2cc1C(=O)OCc1cc([N+](=O)[O-])cc2c1OCOC2. The molecule has 0 aromatic heterocycles. The van der Waals surface area contributed by atoms with Gasteiger partial charge in [-0.2, -0.15) is 0 Å². The lowest BCUT2D eigenvalue weighted by molar-refractivity contribution is -0.385. The van der Waals surface area contributed by atoms with Crippen molar-refractivity contribution >= 4 is 22.4 Å². The molecule has 0 radical (unpaired) electrons. The molecular weight excluding hydrogens is 378 g/mol. The van der Waals surface area contributed by atoms with Crippen LogP contribution in [0.25, 0.3) is 10.8 Å². The first kappa shape index (κ1) is 18.7. The summed E-state index contributed by atoms with van der Waals surface area (Å²) in [6.45, 7) is 0.0412. The Balaban J connectivity index is 1.63. The summed E-state index contributed by atoms with van der Waals surface area (Å²) in [4.78, 5) is 23.4. The Hall–Kier alpha value is -3.65. The Morgan fingerprint density at radius 1 is 1.17 bits per heavy atom. The van der Waals surface area contributed by atoms with Gasteiger partial charge < -0.3 is 18.9 Å². The van der Waals surface area contributed by atoms with Gasteiger partial charge in [-0.15, -0.1) is 0 Å². The number of methoxy groups -OCH3 is 1. The van der Waals surface area contributed by atoms with E-state index in [4.69, 9.17) is 18.9 Å². The van der Waals surface area contributed by atoms with E-state index < -0.39 is 10.9 Å². The average Bonchev–Trinajstić information content (AvgIpc) is 2.75. The summed E-state index contributed by atoms with van der Waals surface area (Å²) in [6, 6.07) is 13.8. The van der Waals surface area contributed by atoms with Gasteiger partial charge in [-0.05, 0) is 22.9 Å². The molecule has 1 aliphatic heterocycles. The topological polar surface area (TPSA) is 97.1 Å². The van der Waals surface area contributed by atoms with Crippen molar-refractivity contribution in [3.63, 3.8) is 0 Å². The first-order valence-electron chi connectivity index (χ1n) is 8.81. The molecule has 0 N–H and O–H groups in total. The smallest absolute Gasteiger partial charge is 0.342 e. The third kappa shape index (κ3) is 3.70. The highest BCUT2D eigenvalue weighted by Crippen LogP contribution is 2.33. The molecule has 8 heteroatoms. The Morgan fingerprint density at radius 3 is 2.66 bits per heavy atom. The van der Waals surface area contributed by atoms with Gasteiger partial charge in [0.15, 0.2) is 6.79 Å². The van der Waals surface area contributed by atoms with Crippen molar-refractivity contribution < 1.29 is 28.7 Å². The summed E-state index contributed by atoms with van der Waals surface area (Å²) in [6.07, 6.45) is 0. The van der Waals surface area contributed by atoms with Crippen LogP contribution in [0.5, 0.6) is 11.5 Å². The first-order chi connectivity index (χ1) is 14.1. The molecule has 0 amide bonds. The molecular formula is C21H17NO7. The summed E-state index contributed by atoms with van der Waals surface area (Å²) in [5.41, 5.74) is 1.10. The Kier molecular flexibility index (Phi) is 5.01. The van der Waals surface area contributed by atoms with E-state index in [0.29, 0.717) is 22.6 Å². The van der Waals surface area contributed by atoms with Crippen LogP contribution in [0.2, 0.25) is 0 Å². The van der Waals surface area contributed by atoms with Gasteiger partial charge in [0.2, 0.25) is 0 Å². The lowest BCUT2D eigenvalue weighted by atomic mass is 10.1. The average molecular weight is 395 g/mol. The molecule has 148 valence electrons. The Labute approximate surface area is 165 Å². The number of nitro groups is 1. The number of hydrogen-bond acceptors (Lipinski definition) is 7. The van der Waals surface area contributed by atoms with E-state index >= 15 is 0 Å². The Morgan fingerprint density at radius 2 is 1.93 bits per heavy atom. The molecule has 29 heavy (non-hydrogen) atoms. The number of carbonyl (C=O) groups is 1. The van der Waals surface area contributed by atoms with Crippen LogP contribution in [-0.4, -0.2) is 24.8 Å². The number of benzene rings is 3. The molecule has 0 saturated heterocycles. The van der Waals surface area contributed by atoms with Gasteiger partial charge in [0.25, 0.3) is 5.69 Å². The number of carbonyl (C=O) groups excluding carboxylic acids is 1. The van der Waals surface area contributed by atoms with Crippen molar-refractivity contribution in [2.24, 2.45) is 0 Å². The fourth-order valence-corrected chi connectivity index (χ4v) is 3.26. The molecule has 1 heterocycles. The molecule has 3 aromatic carbocycles. The highest BCUT2D eigenvalue weighted by molar-refractivity contribution is 5.98. The monoisotopic (exact) mass is 395 g/mol. The largest absolute Gasteiger partial charge is 0.496 e. The second kappa shape index (κ2) is 7.76. The molecule has 8 nitrogen and oxygen atoms in total. The Bertz CT molecular complexity index is 1110. The number of nitrogens with zero attached hydrogens (tertiary/aromatic N) is 1. The van der Waals surface area contributed by atoms with E-state index in [9.17, 15) is 14.9 Å². The minimum Gasteiger partial charge on any atom is -0.496 e. The number of nitro benzene ring substituents is 1. The van der Waals surface area contributed by atoms with E-state index in [2.05, 4.69) is 0 Å². The lowest BCUT2D eigenvalue weighted by Crippen LogP contribution is -2.15. The molecule has 0 unspecified atom stereocenters. The van der Waals surface area contributed by atoms with E-state index in [1.165, 1.54) is 19.2 Å². The lowest BCUT2D eigenvalue weighted by Gasteiger charge is -2.20. The van der Waals surface area contributed by atoms with E-state index in [1.807, 2.05) is 24.3 Å². The van der Waals surface area contributed by atoms with Crippen molar-refractivity contribution in [2.45, 2.75) is 13.2 Å². The molecule has 0 atom stereocenters. The maximum Gasteiger partial charge on any atom is 0.342 e. The quantitative estimate of drug-likeness (QED) is 0.366. The molecule has 0 fully saturated rings. The van der Waals surface area contributed by atoms with Gasteiger partial charge in [0.05, 0.1) is 18.6 Å². The van der Waals surface area contributed by atoms with Gasteiger partial charge in [0.1, 0.15) is 23.7 Å². The summed E-state index contributed by atoms with van der Waals surface area (Å²) in [5, 5.41) is 13.0. The highest BCUT2D eigenvalue weighted by Gasteiger charge is 2.23. The molecule has 3 aromatic rings. The van der Waals surface area contributed by atoms with Crippen LogP contribution in [0, 0.1) is 10.1 Å². The maximum absolute atomic E-state index is 12.7. The fraction of sp³-hybridized carbons (Fsp3) is 0.190. The predicted octanol–water partition coefficient (Wildman–Crippen LogP) is 3.98. The van der Waals surface area contributed by atoms with Crippen molar-refractivity contribution in [1.82, 2.24) is 0 Å². The number of rotatable bonds is 5. The summed E-state index contributed by atoms with van der Waals surface area (Å²) in [7, 11) is 1.48. The van der Waals surface area contributed by atoms with Crippen molar-refractivity contribution in [3.05, 3.63) is 75.3 Å². The van der Waals surface area contributed by atoms with Crippen LogP contribution in [0.1, 0.15) is 21.5 Å². The number of hydrogen-bond donors (Lipinski definition) is 0. The molecule has 0 aliphatic carbocycles. The maximum atomic E-state index is 12.7. The van der Waals surface area contributed by atoms with E-state index in [-0.39, 0.29) is 31.3 Å². The minimum absolute atomic E-state index is 0.0320. The molecule has 0 saturated carbocycles. The minimum atomic E-state index is -0.597. The third-order valence-corrected chi connectivity index (χ3v) is 4.63. The van der Waals surface area contributed by atoms with Gasteiger partial charge in [-0.25, -0.2) is 4.79 Å². The van der Waals surface area contributed by atoms with Crippen molar-refractivity contribution in [3.8, 4) is 11.5 Å². The van der Waals surface area contributed by atoms with Crippen LogP contribution in [0.15, 0.2) is 48.5 Å². The van der Waals surface area contributed by atoms with Crippen LogP contribution < -0.4 is 9.47 Å². The number of ether oxygens (including phenoxy) is 4. The molecule has 4 rings (SSSR count). The number of non-ortho nitro benzene ring substituents is 1. The van der Waals surface area contributed by atoms with Gasteiger partial charge in [-0.3, -0.25) is 10.1 Å². The number of fused-ring (bicyclic) bond motifs is 2. The van der Waals surface area contributed by atoms with Crippen LogP contribution >= 0.6 is 0 Å². The second-order valence-electron chi connectivity index (χ2n) is 6.44. The molecule has 0 spiro atoms.